The Morgan fingerprint density at radius 1 is 1.10 bits per heavy atom. The summed E-state index contributed by atoms with van der Waals surface area (Å²) in [6.45, 7) is 5.75. The van der Waals surface area contributed by atoms with Crippen LogP contribution in [0.5, 0.6) is 0 Å². The van der Waals surface area contributed by atoms with Gasteiger partial charge in [0.15, 0.2) is 5.16 Å². The third kappa shape index (κ3) is 5.31. The maximum Gasteiger partial charge on any atom is 0.263 e. The van der Waals surface area contributed by atoms with E-state index in [0.717, 1.165) is 31.8 Å². The lowest BCUT2D eigenvalue weighted by Gasteiger charge is -2.26. The molecule has 0 fully saturated rings. The van der Waals surface area contributed by atoms with Gasteiger partial charge in [0.2, 0.25) is 11.7 Å². The van der Waals surface area contributed by atoms with Gasteiger partial charge in [-0.1, -0.05) is 86.3 Å². The van der Waals surface area contributed by atoms with Gasteiger partial charge in [-0.3, -0.25) is 14.2 Å². The highest BCUT2D eigenvalue weighted by atomic mass is 32.2. The number of thioether (sulfide) groups is 1. The molecule has 10 heteroatoms. The molecule has 1 N–H and O–H groups in total. The second-order valence-corrected chi connectivity index (χ2v) is 12.4. The Bertz CT molecular complexity index is 1710. The largest absolute Gasteiger partial charge is 0.372 e. The number of thiophene rings is 1. The van der Waals surface area contributed by atoms with Gasteiger partial charge in [-0.25, -0.2) is 4.40 Å². The van der Waals surface area contributed by atoms with E-state index in [2.05, 4.69) is 41.5 Å². The molecule has 8 nitrogen and oxygen atoms in total. The molecule has 0 unspecified atom stereocenters. The van der Waals surface area contributed by atoms with E-state index >= 15 is 0 Å². The summed E-state index contributed by atoms with van der Waals surface area (Å²) in [7, 11) is 0. The van der Waals surface area contributed by atoms with Crippen LogP contribution in [0, 0.1) is 5.92 Å². The Morgan fingerprint density at radius 2 is 1.82 bits per heavy atom. The summed E-state index contributed by atoms with van der Waals surface area (Å²) in [6.07, 6.45) is 1.48. The second kappa shape index (κ2) is 11.6. The van der Waals surface area contributed by atoms with E-state index in [-0.39, 0.29) is 23.3 Å². The van der Waals surface area contributed by atoms with Crippen molar-refractivity contribution in [3.63, 3.8) is 0 Å². The summed E-state index contributed by atoms with van der Waals surface area (Å²) in [5.74, 6) is 0.961. The molecule has 1 atom stereocenters. The standard InChI is InChI=1S/C30H31N5O3S2/c1-19(2)23-15-22-24(17-38-23)40-28-26(22)27(37)34(14-13-20-9-5-3-6-10-20)29-32-33-30(35(28)29)39-18-25(36)31-16-21-11-7-4-8-12-21/h3-12,19,23H,13-18H2,1-2H3,(H,31,36)/t23-/m0/s1. The molecule has 0 aliphatic carbocycles. The van der Waals surface area contributed by atoms with Crippen molar-refractivity contribution in [1.82, 2.24) is 24.5 Å². The number of carbonyl (C=O) groups is 1. The summed E-state index contributed by atoms with van der Waals surface area (Å²) >= 11 is 2.90. The predicted octanol–water partition coefficient (Wildman–Crippen LogP) is 4.85. The van der Waals surface area contributed by atoms with E-state index < -0.39 is 0 Å². The molecule has 3 aromatic heterocycles. The first kappa shape index (κ1) is 26.7. The van der Waals surface area contributed by atoms with Crippen LogP contribution >= 0.6 is 23.1 Å². The zero-order valence-electron chi connectivity index (χ0n) is 22.5. The fourth-order valence-corrected chi connectivity index (χ4v) is 7.14. The molecule has 1 aliphatic rings. The summed E-state index contributed by atoms with van der Waals surface area (Å²) in [5.41, 5.74) is 3.24. The fraction of sp³-hybridized carbons (Fsp3) is 0.333. The number of nitrogens with zero attached hydrogens (tertiary/aromatic N) is 4. The van der Waals surface area contributed by atoms with Crippen LogP contribution in [-0.4, -0.2) is 36.9 Å². The Kier molecular flexibility index (Phi) is 7.73. The molecule has 2 aromatic carbocycles. The van der Waals surface area contributed by atoms with Crippen molar-refractivity contribution >= 4 is 45.0 Å². The van der Waals surface area contributed by atoms with Crippen LogP contribution in [0.15, 0.2) is 70.6 Å². The van der Waals surface area contributed by atoms with E-state index in [1.807, 2.05) is 52.9 Å². The number of benzene rings is 2. The van der Waals surface area contributed by atoms with Gasteiger partial charge in [-0.05, 0) is 29.0 Å². The fourth-order valence-electron chi connectivity index (χ4n) is 5.08. The van der Waals surface area contributed by atoms with Gasteiger partial charge in [-0.15, -0.1) is 21.5 Å². The summed E-state index contributed by atoms with van der Waals surface area (Å²) in [5, 5.41) is 13.2. The third-order valence-electron chi connectivity index (χ3n) is 7.30. The van der Waals surface area contributed by atoms with Gasteiger partial charge in [0.1, 0.15) is 4.83 Å². The predicted molar refractivity (Wildman–Crippen MR) is 159 cm³/mol. The lowest BCUT2D eigenvalue weighted by Crippen LogP contribution is -2.29. The van der Waals surface area contributed by atoms with Crippen molar-refractivity contribution in [1.29, 1.82) is 0 Å². The van der Waals surface area contributed by atoms with Gasteiger partial charge < -0.3 is 10.1 Å². The molecule has 6 rings (SSSR count). The molecule has 0 saturated heterocycles. The highest BCUT2D eigenvalue weighted by Crippen LogP contribution is 2.37. The lowest BCUT2D eigenvalue weighted by atomic mass is 9.96. The summed E-state index contributed by atoms with van der Waals surface area (Å²) in [6, 6.07) is 20.0. The van der Waals surface area contributed by atoms with E-state index in [4.69, 9.17) is 4.74 Å². The van der Waals surface area contributed by atoms with Crippen LogP contribution < -0.4 is 10.9 Å². The van der Waals surface area contributed by atoms with Gasteiger partial charge >= 0.3 is 0 Å². The Labute approximate surface area is 240 Å². The van der Waals surface area contributed by atoms with Gasteiger partial charge in [0.25, 0.3) is 5.56 Å². The number of aromatic nitrogens is 4. The number of ether oxygens (including phenoxy) is 1. The number of amides is 1. The van der Waals surface area contributed by atoms with E-state index in [0.29, 0.717) is 49.4 Å². The van der Waals surface area contributed by atoms with Crippen molar-refractivity contribution in [2.75, 3.05) is 5.75 Å². The molecular formula is C30H31N5O3S2. The SMILES string of the molecule is CC(C)[C@@H]1Cc2c(sc3c2c(=O)n(CCc2ccccc2)c2nnc(SCC(=O)NCc4ccccc4)n32)CO1. The third-order valence-corrected chi connectivity index (χ3v) is 9.42. The zero-order chi connectivity index (χ0) is 27.6. The number of rotatable bonds is 9. The minimum absolute atomic E-state index is 0.0371. The van der Waals surface area contributed by atoms with Gasteiger partial charge in [0, 0.05) is 24.4 Å². The molecule has 0 spiro atoms. The molecule has 5 aromatic rings. The highest BCUT2D eigenvalue weighted by molar-refractivity contribution is 7.99. The van der Waals surface area contributed by atoms with Crippen molar-refractivity contribution in [2.24, 2.45) is 5.92 Å². The first-order chi connectivity index (χ1) is 19.5. The molecule has 4 heterocycles. The molecule has 206 valence electrons. The molecule has 40 heavy (non-hydrogen) atoms. The maximum atomic E-state index is 14.0. The second-order valence-electron chi connectivity index (χ2n) is 10.3. The topological polar surface area (TPSA) is 90.5 Å². The summed E-state index contributed by atoms with van der Waals surface area (Å²) in [4.78, 5) is 28.6. The number of carbonyl (C=O) groups excluding carboxylic acids is 1. The first-order valence-corrected chi connectivity index (χ1v) is 15.3. The van der Waals surface area contributed by atoms with Crippen LogP contribution in [0.3, 0.4) is 0 Å². The number of nitrogens with one attached hydrogen (secondary N) is 1. The van der Waals surface area contributed by atoms with Crippen LogP contribution in [0.2, 0.25) is 0 Å². The Morgan fingerprint density at radius 3 is 2.55 bits per heavy atom. The van der Waals surface area contributed by atoms with Gasteiger partial charge in [0.05, 0.1) is 23.8 Å². The van der Waals surface area contributed by atoms with Crippen LogP contribution in [0.4, 0.5) is 0 Å². The van der Waals surface area contributed by atoms with E-state index in [1.165, 1.54) is 11.8 Å². The monoisotopic (exact) mass is 573 g/mol. The maximum absolute atomic E-state index is 14.0. The molecular weight excluding hydrogens is 542 g/mol. The first-order valence-electron chi connectivity index (χ1n) is 13.5. The van der Waals surface area contributed by atoms with E-state index in [9.17, 15) is 9.59 Å². The number of aryl methyl sites for hydroxylation is 2. The van der Waals surface area contributed by atoms with Crippen molar-refractivity contribution in [2.45, 2.75) is 57.6 Å². The smallest absolute Gasteiger partial charge is 0.263 e. The summed E-state index contributed by atoms with van der Waals surface area (Å²) < 4.78 is 9.85. The number of hydrogen-bond donors (Lipinski definition) is 1. The Hall–Kier alpha value is -3.47. The normalized spacial score (nSPS) is 15.1. The molecule has 0 saturated carbocycles. The van der Waals surface area contributed by atoms with E-state index in [1.54, 1.807) is 15.9 Å². The molecule has 1 amide bonds. The Balaban J connectivity index is 1.36. The van der Waals surface area contributed by atoms with Gasteiger partial charge in [-0.2, -0.15) is 0 Å². The molecule has 1 aliphatic heterocycles. The number of fused-ring (bicyclic) bond motifs is 5. The average Bonchev–Trinajstić information content (AvgIpc) is 3.57. The van der Waals surface area contributed by atoms with Crippen molar-refractivity contribution < 1.29 is 9.53 Å². The van der Waals surface area contributed by atoms with Crippen molar-refractivity contribution in [3.05, 3.63) is 92.6 Å². The van der Waals surface area contributed by atoms with Crippen LogP contribution in [-0.2, 0) is 42.1 Å². The minimum atomic E-state index is -0.0853. The highest BCUT2D eigenvalue weighted by Gasteiger charge is 2.30. The zero-order valence-corrected chi connectivity index (χ0v) is 24.1. The average molecular weight is 574 g/mol. The van der Waals surface area contributed by atoms with Crippen LogP contribution in [0.1, 0.15) is 35.4 Å². The molecule has 0 bridgehead atoms. The minimum Gasteiger partial charge on any atom is -0.372 e. The van der Waals surface area contributed by atoms with Crippen LogP contribution in [0.25, 0.3) is 16.0 Å². The number of hydrogen-bond acceptors (Lipinski definition) is 7. The van der Waals surface area contributed by atoms with Crippen molar-refractivity contribution in [3.8, 4) is 0 Å². The quantitative estimate of drug-likeness (QED) is 0.254. The molecule has 0 radical (unpaired) electrons. The lowest BCUT2D eigenvalue weighted by molar-refractivity contribution is -0.118.